The number of aromatic nitrogens is 2. The Labute approximate surface area is 154 Å². The highest BCUT2D eigenvalue weighted by atomic mass is 32.1. The molecule has 1 fully saturated rings. The van der Waals surface area contributed by atoms with Gasteiger partial charge in [0.2, 0.25) is 5.91 Å². The van der Waals surface area contributed by atoms with E-state index in [-0.39, 0.29) is 11.3 Å². The fourth-order valence-corrected chi connectivity index (χ4v) is 4.19. The summed E-state index contributed by atoms with van der Waals surface area (Å²) < 4.78 is 0. The molecule has 4 nitrogen and oxygen atoms in total. The molecule has 2 N–H and O–H groups in total. The Bertz CT molecular complexity index is 1090. The number of hydrogen-bond acceptors (Lipinski definition) is 3. The molecule has 5 rings (SSSR count). The minimum absolute atomic E-state index is 0.0449. The van der Waals surface area contributed by atoms with Crippen LogP contribution >= 0.6 is 11.3 Å². The summed E-state index contributed by atoms with van der Waals surface area (Å²) in [5.41, 5.74) is 3.73. The van der Waals surface area contributed by atoms with Crippen LogP contribution < -0.4 is 5.32 Å². The molecule has 1 aliphatic rings. The average Bonchev–Trinajstić information content (AvgIpc) is 3.19. The average molecular weight is 359 g/mol. The van der Waals surface area contributed by atoms with Crippen LogP contribution in [0.2, 0.25) is 0 Å². The van der Waals surface area contributed by atoms with Crippen molar-refractivity contribution in [3.05, 3.63) is 71.7 Å². The lowest BCUT2D eigenvalue weighted by molar-refractivity contribution is -0.118. The topological polar surface area (TPSA) is 57.8 Å². The van der Waals surface area contributed by atoms with Crippen LogP contribution in [0.15, 0.2) is 66.2 Å². The van der Waals surface area contributed by atoms with Gasteiger partial charge in [0.1, 0.15) is 0 Å². The van der Waals surface area contributed by atoms with E-state index in [0.717, 1.165) is 40.6 Å². The third kappa shape index (κ3) is 2.44. The standard InChI is InChI=1S/C21H17N3OS/c25-19(21(10-11-21)14-6-2-1-3-7-14)24-20-23-18(13-26-20)16-12-22-17-9-5-4-8-15(16)17/h1-9,12-13,22H,10-11H2,(H,23,24,25). The van der Waals surface area contributed by atoms with Crippen molar-refractivity contribution < 1.29 is 4.79 Å². The zero-order chi connectivity index (χ0) is 17.6. The highest BCUT2D eigenvalue weighted by molar-refractivity contribution is 7.14. The lowest BCUT2D eigenvalue weighted by Crippen LogP contribution is -2.27. The number of carbonyl (C=O) groups excluding carboxylic acids is 1. The van der Waals surface area contributed by atoms with Crippen molar-refractivity contribution in [3.63, 3.8) is 0 Å². The van der Waals surface area contributed by atoms with Crippen LogP contribution in [0.25, 0.3) is 22.2 Å². The highest BCUT2D eigenvalue weighted by Gasteiger charge is 2.51. The summed E-state index contributed by atoms with van der Waals surface area (Å²) in [6, 6.07) is 18.2. The Morgan fingerprint density at radius 3 is 2.65 bits per heavy atom. The third-order valence-electron chi connectivity index (χ3n) is 5.10. The molecular formula is C21H17N3OS. The van der Waals surface area contributed by atoms with Gasteiger partial charge in [-0.3, -0.25) is 4.79 Å². The quantitative estimate of drug-likeness (QED) is 0.541. The molecule has 26 heavy (non-hydrogen) atoms. The van der Waals surface area contributed by atoms with Gasteiger partial charge in [-0.25, -0.2) is 4.98 Å². The Morgan fingerprint density at radius 2 is 1.85 bits per heavy atom. The van der Waals surface area contributed by atoms with Crippen molar-refractivity contribution in [2.75, 3.05) is 5.32 Å². The van der Waals surface area contributed by atoms with E-state index in [1.165, 1.54) is 11.3 Å². The largest absolute Gasteiger partial charge is 0.360 e. The van der Waals surface area contributed by atoms with Gasteiger partial charge in [-0.2, -0.15) is 0 Å². The van der Waals surface area contributed by atoms with Gasteiger partial charge in [-0.1, -0.05) is 48.5 Å². The minimum Gasteiger partial charge on any atom is -0.360 e. The second kappa shape index (κ2) is 5.81. The molecule has 1 saturated carbocycles. The van der Waals surface area contributed by atoms with Gasteiger partial charge in [0.25, 0.3) is 0 Å². The Hall–Kier alpha value is -2.92. The molecule has 0 radical (unpaired) electrons. The molecule has 0 atom stereocenters. The number of nitrogens with zero attached hydrogens (tertiary/aromatic N) is 1. The van der Waals surface area contributed by atoms with Crippen LogP contribution in [-0.2, 0) is 10.2 Å². The summed E-state index contributed by atoms with van der Waals surface area (Å²) in [5.74, 6) is 0.0449. The lowest BCUT2D eigenvalue weighted by atomic mass is 9.95. The van der Waals surface area contributed by atoms with Crippen molar-refractivity contribution in [1.82, 2.24) is 9.97 Å². The van der Waals surface area contributed by atoms with E-state index < -0.39 is 0 Å². The van der Waals surface area contributed by atoms with Crippen molar-refractivity contribution >= 4 is 33.3 Å². The van der Waals surface area contributed by atoms with E-state index >= 15 is 0 Å². The molecule has 2 aromatic heterocycles. The molecule has 2 aromatic carbocycles. The fraction of sp³-hybridized carbons (Fsp3) is 0.143. The van der Waals surface area contributed by atoms with Crippen molar-refractivity contribution in [2.45, 2.75) is 18.3 Å². The molecule has 0 spiro atoms. The normalized spacial score (nSPS) is 15.1. The smallest absolute Gasteiger partial charge is 0.236 e. The summed E-state index contributed by atoms with van der Waals surface area (Å²) in [5, 5.41) is 6.81. The molecule has 5 heteroatoms. The number of benzene rings is 2. The number of thiazole rings is 1. The first-order valence-electron chi connectivity index (χ1n) is 8.65. The van der Waals surface area contributed by atoms with Crippen LogP contribution in [0.1, 0.15) is 18.4 Å². The number of carbonyl (C=O) groups is 1. The molecule has 1 aliphatic carbocycles. The van der Waals surface area contributed by atoms with Gasteiger partial charge in [-0.05, 0) is 24.5 Å². The first-order chi connectivity index (χ1) is 12.8. The maximum absolute atomic E-state index is 12.9. The fourth-order valence-electron chi connectivity index (χ4n) is 3.48. The van der Waals surface area contributed by atoms with Crippen LogP contribution in [0, 0.1) is 0 Å². The predicted octanol–water partition coefficient (Wildman–Crippen LogP) is 4.96. The molecule has 128 valence electrons. The van der Waals surface area contributed by atoms with Gasteiger partial charge in [0, 0.05) is 28.0 Å². The Kier molecular flexibility index (Phi) is 3.43. The van der Waals surface area contributed by atoms with E-state index in [2.05, 4.69) is 21.4 Å². The molecular weight excluding hydrogens is 342 g/mol. The number of hydrogen-bond donors (Lipinski definition) is 2. The molecule has 0 aliphatic heterocycles. The van der Waals surface area contributed by atoms with Gasteiger partial charge in [0.15, 0.2) is 5.13 Å². The summed E-state index contributed by atoms with van der Waals surface area (Å²) >= 11 is 1.47. The van der Waals surface area contributed by atoms with E-state index in [1.807, 2.05) is 60.1 Å². The van der Waals surface area contributed by atoms with Gasteiger partial charge >= 0.3 is 0 Å². The first-order valence-corrected chi connectivity index (χ1v) is 9.53. The number of para-hydroxylation sites is 1. The van der Waals surface area contributed by atoms with E-state index in [0.29, 0.717) is 5.13 Å². The van der Waals surface area contributed by atoms with Gasteiger partial charge in [0.05, 0.1) is 11.1 Å². The number of nitrogens with one attached hydrogen (secondary N) is 2. The van der Waals surface area contributed by atoms with Crippen molar-refractivity contribution in [3.8, 4) is 11.3 Å². The summed E-state index contributed by atoms with van der Waals surface area (Å²) in [4.78, 5) is 20.8. The molecule has 0 bridgehead atoms. The van der Waals surface area contributed by atoms with Crippen LogP contribution in [0.5, 0.6) is 0 Å². The number of anilines is 1. The first kappa shape index (κ1) is 15.3. The van der Waals surface area contributed by atoms with Crippen LogP contribution in [0.4, 0.5) is 5.13 Å². The predicted molar refractivity (Wildman–Crippen MR) is 105 cm³/mol. The number of rotatable bonds is 4. The summed E-state index contributed by atoms with van der Waals surface area (Å²) in [6.45, 7) is 0. The van der Waals surface area contributed by atoms with E-state index in [1.54, 1.807) is 0 Å². The highest BCUT2D eigenvalue weighted by Crippen LogP contribution is 2.49. The number of amides is 1. The zero-order valence-corrected chi connectivity index (χ0v) is 14.8. The van der Waals surface area contributed by atoms with Crippen LogP contribution in [-0.4, -0.2) is 15.9 Å². The molecule has 0 saturated heterocycles. The molecule has 4 aromatic rings. The summed E-state index contributed by atoms with van der Waals surface area (Å²) in [7, 11) is 0. The number of aromatic amines is 1. The molecule has 1 amide bonds. The maximum atomic E-state index is 12.9. The monoisotopic (exact) mass is 359 g/mol. The Balaban J connectivity index is 1.40. The van der Waals surface area contributed by atoms with Crippen LogP contribution in [0.3, 0.4) is 0 Å². The minimum atomic E-state index is -0.381. The second-order valence-corrected chi connectivity index (χ2v) is 7.55. The number of H-pyrrole nitrogens is 1. The molecule has 2 heterocycles. The third-order valence-corrected chi connectivity index (χ3v) is 5.86. The van der Waals surface area contributed by atoms with E-state index in [9.17, 15) is 4.79 Å². The van der Waals surface area contributed by atoms with Crippen molar-refractivity contribution in [2.24, 2.45) is 0 Å². The zero-order valence-electron chi connectivity index (χ0n) is 14.0. The lowest BCUT2D eigenvalue weighted by Gasteiger charge is -2.14. The van der Waals surface area contributed by atoms with E-state index in [4.69, 9.17) is 0 Å². The second-order valence-electron chi connectivity index (χ2n) is 6.69. The SMILES string of the molecule is O=C(Nc1nc(-c2c[nH]c3ccccc23)cs1)C1(c2ccccc2)CC1. The van der Waals surface area contributed by atoms with Crippen molar-refractivity contribution in [1.29, 1.82) is 0 Å². The summed E-state index contributed by atoms with van der Waals surface area (Å²) in [6.07, 6.45) is 3.75. The number of fused-ring (bicyclic) bond motifs is 1. The molecule has 0 unspecified atom stereocenters. The Morgan fingerprint density at radius 1 is 1.08 bits per heavy atom. The van der Waals surface area contributed by atoms with Gasteiger partial charge in [-0.15, -0.1) is 11.3 Å². The maximum Gasteiger partial charge on any atom is 0.236 e. The van der Waals surface area contributed by atoms with Gasteiger partial charge < -0.3 is 10.3 Å².